The van der Waals surface area contributed by atoms with Gasteiger partial charge < -0.3 is 8.85 Å². The van der Waals surface area contributed by atoms with E-state index < -0.39 is 16.6 Å². The minimum absolute atomic E-state index is 0.232. The molecule has 0 heterocycles. The molecule has 0 amide bonds. The number of hydrogen-bond donors (Lipinski definition) is 0. The smallest absolute Gasteiger partial charge is 0.258 e. The van der Waals surface area contributed by atoms with Crippen LogP contribution in [0.2, 0.25) is 33.2 Å². The summed E-state index contributed by atoms with van der Waals surface area (Å²) < 4.78 is 14.5. The molecule has 5 aromatic rings. The molecule has 0 N–H and O–H groups in total. The maximum Gasteiger partial charge on any atom is 0.258 e. The fourth-order valence-electron chi connectivity index (χ4n) is 9.17. The third-order valence-corrected chi connectivity index (χ3v) is 23.1. The van der Waals surface area contributed by atoms with E-state index in [4.69, 9.17) is 8.85 Å². The molecular formula is C40H50O6Si2. The molecule has 0 atom stereocenters. The number of benzene rings is 5. The molecular weight excluding hydrogens is 633 g/mol. The van der Waals surface area contributed by atoms with Crippen molar-refractivity contribution < 1.29 is 8.85 Å². The predicted octanol–water partition coefficient (Wildman–Crippen LogP) is 9.72. The van der Waals surface area contributed by atoms with Crippen LogP contribution in [0.5, 0.6) is 11.5 Å². The Morgan fingerprint density at radius 1 is 0.375 bits per heavy atom. The van der Waals surface area contributed by atoms with Crippen LogP contribution in [-0.4, -0.2) is 16.6 Å². The van der Waals surface area contributed by atoms with Crippen molar-refractivity contribution in [2.75, 3.05) is 0 Å². The van der Waals surface area contributed by atoms with Crippen molar-refractivity contribution in [3.63, 3.8) is 0 Å². The molecule has 0 unspecified atom stereocenters. The Balaban J connectivity index is 2.10. The number of hydrogen-bond acceptors (Lipinski definition) is 6. The quantitative estimate of drug-likeness (QED) is 0.108. The van der Waals surface area contributed by atoms with E-state index in [9.17, 15) is 19.2 Å². The Hall–Kier alpha value is -3.63. The van der Waals surface area contributed by atoms with E-state index in [0.29, 0.717) is 33.0 Å². The van der Waals surface area contributed by atoms with Gasteiger partial charge >= 0.3 is 0 Å². The molecule has 0 spiro atoms. The van der Waals surface area contributed by atoms with Gasteiger partial charge in [0.1, 0.15) is 11.5 Å². The van der Waals surface area contributed by atoms with Crippen LogP contribution in [0.25, 0.3) is 43.1 Å². The van der Waals surface area contributed by atoms with Crippen LogP contribution in [0.15, 0.2) is 67.7 Å². The first-order chi connectivity index (χ1) is 22.4. The summed E-state index contributed by atoms with van der Waals surface area (Å²) in [4.78, 5) is 54.8. The second-order valence-corrected chi connectivity index (χ2v) is 26.2. The van der Waals surface area contributed by atoms with Crippen molar-refractivity contribution in [3.05, 3.63) is 89.4 Å². The van der Waals surface area contributed by atoms with E-state index in [-0.39, 0.29) is 76.5 Å². The first-order valence-electron chi connectivity index (χ1n) is 17.4. The second kappa shape index (κ2) is 12.7. The molecule has 0 aliphatic carbocycles. The number of rotatable bonds is 10. The van der Waals surface area contributed by atoms with Gasteiger partial charge in [0.25, 0.3) is 16.6 Å². The highest BCUT2D eigenvalue weighted by molar-refractivity contribution is 6.79. The fraction of sp³-hybridized carbons (Fsp3) is 0.450. The summed E-state index contributed by atoms with van der Waals surface area (Å²) in [5.74, 6) is 1.07. The summed E-state index contributed by atoms with van der Waals surface area (Å²) in [6, 6.07) is 12.6. The molecule has 254 valence electrons. The van der Waals surface area contributed by atoms with Gasteiger partial charge in [0.15, 0.2) is 21.7 Å². The Morgan fingerprint density at radius 2 is 0.646 bits per heavy atom. The highest BCUT2D eigenvalue weighted by Crippen LogP contribution is 2.49. The molecule has 48 heavy (non-hydrogen) atoms. The number of fused-ring (bicyclic) bond motifs is 7. The first-order valence-corrected chi connectivity index (χ1v) is 21.7. The zero-order valence-corrected chi connectivity index (χ0v) is 32.5. The maximum atomic E-state index is 13.8. The van der Waals surface area contributed by atoms with Gasteiger partial charge in [0.2, 0.25) is 0 Å². The van der Waals surface area contributed by atoms with Crippen molar-refractivity contribution in [2.24, 2.45) is 0 Å². The molecule has 6 nitrogen and oxygen atoms in total. The molecule has 0 saturated carbocycles. The summed E-state index contributed by atoms with van der Waals surface area (Å²) >= 11 is 0. The summed E-state index contributed by atoms with van der Waals surface area (Å²) in [6.45, 7) is 26.4. The van der Waals surface area contributed by atoms with Crippen molar-refractivity contribution in [2.45, 2.75) is 116 Å². The molecule has 5 aromatic carbocycles. The van der Waals surface area contributed by atoms with Crippen LogP contribution in [0.3, 0.4) is 0 Å². The van der Waals surface area contributed by atoms with Crippen LogP contribution in [0.1, 0.15) is 83.1 Å². The van der Waals surface area contributed by atoms with Gasteiger partial charge in [-0.05, 0) is 81.8 Å². The van der Waals surface area contributed by atoms with Gasteiger partial charge in [-0.1, -0.05) is 83.1 Å². The maximum absolute atomic E-state index is 13.8. The highest BCUT2D eigenvalue weighted by Gasteiger charge is 2.48. The fourth-order valence-corrected chi connectivity index (χ4v) is 19.7. The van der Waals surface area contributed by atoms with Gasteiger partial charge in [-0.25, -0.2) is 0 Å². The molecule has 0 bridgehead atoms. The first kappa shape index (κ1) is 35.7. The topological polar surface area (TPSA) is 86.7 Å². The standard InChI is InChI=1S/C40H50O6Si2/c1-21(2)47(22(3)4,23(5)6)45-35-19-29-31(41)15-17-33(43)37(29)39-27(35)13-14-28-36(46-48(24(7)8,25(9)10)26(11)12)20-30-32(42)16-18-34(44)38(30)40(28)39/h13-26H,1-12H3. The van der Waals surface area contributed by atoms with E-state index in [2.05, 4.69) is 83.1 Å². The minimum atomic E-state index is -2.54. The van der Waals surface area contributed by atoms with E-state index in [0.717, 1.165) is 0 Å². The van der Waals surface area contributed by atoms with Crippen LogP contribution < -0.4 is 30.6 Å². The Kier molecular flexibility index (Phi) is 9.42. The lowest BCUT2D eigenvalue weighted by Crippen LogP contribution is -2.50. The molecule has 0 saturated heterocycles. The zero-order chi connectivity index (χ0) is 35.6. The summed E-state index contributed by atoms with van der Waals surface area (Å²) in [5.41, 5.74) is 0.253. The van der Waals surface area contributed by atoms with Gasteiger partial charge in [-0.2, -0.15) is 0 Å². The van der Waals surface area contributed by atoms with Gasteiger partial charge in [0, 0.05) is 43.1 Å². The molecule has 5 rings (SSSR count). The largest absolute Gasteiger partial charge is 0.542 e. The van der Waals surface area contributed by atoms with E-state index >= 15 is 0 Å². The van der Waals surface area contributed by atoms with E-state index in [1.54, 1.807) is 12.1 Å². The SMILES string of the molecule is CC(C)[Si](Oc1cc2c(=O)ccc(=O)c2c2c1ccc1c(O[Si](C(C)C)(C(C)C)C(C)C)cc3c(=O)ccc(=O)c3c12)(C(C)C)C(C)C. The van der Waals surface area contributed by atoms with Crippen molar-refractivity contribution in [1.82, 2.24) is 0 Å². The third-order valence-electron chi connectivity index (χ3n) is 11.1. The van der Waals surface area contributed by atoms with E-state index in [1.165, 1.54) is 24.3 Å². The average molecular weight is 683 g/mol. The average Bonchev–Trinajstić information content (AvgIpc) is 3.00. The Bertz CT molecular complexity index is 2050. The second-order valence-electron chi connectivity index (χ2n) is 15.5. The highest BCUT2D eigenvalue weighted by atomic mass is 28.4. The van der Waals surface area contributed by atoms with Crippen molar-refractivity contribution in [1.29, 1.82) is 0 Å². The van der Waals surface area contributed by atoms with Crippen LogP contribution >= 0.6 is 0 Å². The molecule has 0 radical (unpaired) electrons. The zero-order valence-electron chi connectivity index (χ0n) is 30.5. The minimum Gasteiger partial charge on any atom is -0.542 e. The lowest BCUT2D eigenvalue weighted by molar-refractivity contribution is 0.484. The monoisotopic (exact) mass is 682 g/mol. The van der Waals surface area contributed by atoms with Crippen molar-refractivity contribution in [3.8, 4) is 11.5 Å². The Morgan fingerprint density at radius 3 is 0.917 bits per heavy atom. The Labute approximate surface area is 285 Å². The summed E-state index contributed by atoms with van der Waals surface area (Å²) in [6.07, 6.45) is 0. The molecule has 0 fully saturated rings. The van der Waals surface area contributed by atoms with Gasteiger partial charge in [-0.3, -0.25) is 19.2 Å². The molecule has 0 aromatic heterocycles. The van der Waals surface area contributed by atoms with E-state index in [1.807, 2.05) is 12.1 Å². The van der Waals surface area contributed by atoms with Crippen LogP contribution in [0.4, 0.5) is 0 Å². The third kappa shape index (κ3) is 5.27. The van der Waals surface area contributed by atoms with Gasteiger partial charge in [0.05, 0.1) is 0 Å². The lowest BCUT2D eigenvalue weighted by atomic mass is 9.91. The molecule has 0 aliphatic heterocycles. The van der Waals surface area contributed by atoms with Crippen molar-refractivity contribution >= 4 is 59.7 Å². The summed E-state index contributed by atoms with van der Waals surface area (Å²) in [7, 11) is -5.07. The van der Waals surface area contributed by atoms with Crippen LogP contribution in [-0.2, 0) is 0 Å². The normalized spacial score (nSPS) is 13.2. The lowest BCUT2D eigenvalue weighted by Gasteiger charge is -2.43. The molecule has 8 heteroatoms. The molecule has 0 aliphatic rings. The van der Waals surface area contributed by atoms with Gasteiger partial charge in [-0.15, -0.1) is 0 Å². The van der Waals surface area contributed by atoms with Crippen LogP contribution in [0, 0.1) is 0 Å². The predicted molar refractivity (Wildman–Crippen MR) is 207 cm³/mol. The summed E-state index contributed by atoms with van der Waals surface area (Å²) in [5, 5.41) is 3.17.